The maximum absolute atomic E-state index is 6.71. The summed E-state index contributed by atoms with van der Waals surface area (Å²) in [6.07, 6.45) is -0.571. The highest BCUT2D eigenvalue weighted by molar-refractivity contribution is 7.33. The quantitative estimate of drug-likeness (QED) is 0.178. The van der Waals surface area contributed by atoms with Crippen molar-refractivity contribution in [3.63, 3.8) is 0 Å². The topological polar surface area (TPSA) is 56.5 Å². The lowest BCUT2D eigenvalue weighted by molar-refractivity contribution is -0.637. The summed E-state index contributed by atoms with van der Waals surface area (Å²) < 4.78 is 21.9. The van der Waals surface area contributed by atoms with Crippen molar-refractivity contribution in [3.8, 4) is 28.4 Å². The van der Waals surface area contributed by atoms with Gasteiger partial charge in [0, 0.05) is 24.1 Å². The molecule has 2 aromatic heterocycles. The second kappa shape index (κ2) is 10.7. The Bertz CT molecular complexity index is 1860. The van der Waals surface area contributed by atoms with Gasteiger partial charge in [0.15, 0.2) is 5.75 Å². The molecule has 0 spiro atoms. The number of fused-ring (bicyclic) bond motifs is 1. The van der Waals surface area contributed by atoms with Crippen molar-refractivity contribution >= 4 is 30.6 Å². The zero-order valence-corrected chi connectivity index (χ0v) is 23.7. The van der Waals surface area contributed by atoms with Crippen LogP contribution in [0.5, 0.6) is 17.2 Å². The molecule has 0 aliphatic carbocycles. The molecular weight excluding hydrogens is 529 g/mol. The van der Waals surface area contributed by atoms with Crippen molar-refractivity contribution in [3.05, 3.63) is 127 Å². The third-order valence-corrected chi connectivity index (χ3v) is 8.22. The third kappa shape index (κ3) is 5.03. The maximum Gasteiger partial charge on any atom is 0.284 e. The van der Waals surface area contributed by atoms with Crippen LogP contribution in [0.15, 0.2) is 115 Å². The first-order valence-electron chi connectivity index (χ1n) is 13.6. The van der Waals surface area contributed by atoms with E-state index in [1.54, 1.807) is 0 Å². The molecule has 6 nitrogen and oxygen atoms in total. The van der Waals surface area contributed by atoms with E-state index < -0.39 is 12.1 Å². The molecule has 3 atom stereocenters. The minimum absolute atomic E-state index is 0.0442. The summed E-state index contributed by atoms with van der Waals surface area (Å²) in [5.74, 6) is 1.73. The molecular formula is C34H29N3O3P+. The van der Waals surface area contributed by atoms with E-state index in [1.807, 2.05) is 78.3 Å². The van der Waals surface area contributed by atoms with Gasteiger partial charge >= 0.3 is 0 Å². The van der Waals surface area contributed by atoms with Crippen LogP contribution in [-0.2, 0) is 0 Å². The highest BCUT2D eigenvalue weighted by Crippen LogP contribution is 2.37. The van der Waals surface area contributed by atoms with Gasteiger partial charge in [0.05, 0.1) is 5.39 Å². The fraction of sp³-hybridized carbons (Fsp3) is 0.118. The van der Waals surface area contributed by atoms with Crippen LogP contribution in [0, 0.1) is 13.8 Å². The fourth-order valence-corrected chi connectivity index (χ4v) is 5.98. The van der Waals surface area contributed by atoms with Crippen LogP contribution in [0.2, 0.25) is 0 Å². The van der Waals surface area contributed by atoms with E-state index >= 15 is 0 Å². The number of nitrogens with one attached hydrogen (secondary N) is 1. The van der Waals surface area contributed by atoms with Crippen molar-refractivity contribution in [1.29, 1.82) is 0 Å². The van der Waals surface area contributed by atoms with E-state index in [0.717, 1.165) is 55.8 Å². The summed E-state index contributed by atoms with van der Waals surface area (Å²) in [5.41, 5.74) is 9.66. The molecule has 0 fully saturated rings. The summed E-state index contributed by atoms with van der Waals surface area (Å²) >= 11 is 0. The number of aryl methyl sites for hydroxylation is 2. The van der Waals surface area contributed by atoms with Crippen LogP contribution in [0.3, 0.4) is 0 Å². The van der Waals surface area contributed by atoms with Gasteiger partial charge in [0.1, 0.15) is 25.8 Å². The van der Waals surface area contributed by atoms with E-state index in [-0.39, 0.29) is 8.81 Å². The monoisotopic (exact) mass is 558 g/mol. The Morgan fingerprint density at radius 3 is 2.34 bits per heavy atom. The Balaban J connectivity index is 1.28. The van der Waals surface area contributed by atoms with Gasteiger partial charge in [-0.1, -0.05) is 71.4 Å². The van der Waals surface area contributed by atoms with E-state index in [1.165, 1.54) is 0 Å². The number of pyridine rings is 2. The van der Waals surface area contributed by atoms with Gasteiger partial charge in [-0.3, -0.25) is 0 Å². The zero-order valence-electron chi connectivity index (χ0n) is 22.7. The number of ether oxygens (including phenoxy) is 2. The number of hydrogen-bond donors (Lipinski definition) is 1. The highest BCUT2D eigenvalue weighted by Gasteiger charge is 2.35. The lowest BCUT2D eigenvalue weighted by Crippen LogP contribution is -2.59. The number of rotatable bonds is 5. The molecule has 0 radical (unpaired) electrons. The average Bonchev–Trinajstić information content (AvgIpc) is 3.00. The first-order valence-corrected chi connectivity index (χ1v) is 14.6. The summed E-state index contributed by atoms with van der Waals surface area (Å²) in [5, 5.41) is 2.09. The van der Waals surface area contributed by atoms with Crippen molar-refractivity contribution < 1.29 is 18.7 Å². The van der Waals surface area contributed by atoms with Crippen molar-refractivity contribution in [2.45, 2.75) is 25.9 Å². The molecule has 0 saturated carbocycles. The SMILES string of the molecule is Cc1ccc2cccc(OC3POc4cccc5ccc(C)[n+](c45)NC3Oc3ccc(-c4ccccc4)cc3)c2n1. The van der Waals surface area contributed by atoms with Gasteiger partial charge in [0.25, 0.3) is 11.7 Å². The van der Waals surface area contributed by atoms with Gasteiger partial charge in [0.2, 0.25) is 11.5 Å². The van der Waals surface area contributed by atoms with E-state index in [4.69, 9.17) is 19.0 Å². The first kappa shape index (κ1) is 25.3. The van der Waals surface area contributed by atoms with Crippen LogP contribution in [-0.4, -0.2) is 17.1 Å². The van der Waals surface area contributed by atoms with Gasteiger partial charge in [-0.2, -0.15) is 0 Å². The maximum atomic E-state index is 6.71. The molecule has 202 valence electrons. The Kier molecular flexibility index (Phi) is 6.62. The lowest BCUT2D eigenvalue weighted by atomic mass is 10.1. The molecule has 3 heterocycles. The predicted octanol–water partition coefficient (Wildman–Crippen LogP) is 7.30. The zero-order chi connectivity index (χ0) is 27.8. The molecule has 1 aliphatic heterocycles. The standard InChI is InChI=1S/C34H29N3O3P/c1-22-14-16-26-10-6-12-29(31(26)35-22)39-34-33(38-28-20-18-25(19-21-28)24-8-4-3-5-9-24)36-37-23(2)15-17-27-11-7-13-30(32(27)37)40-41-34/h3-21,33-34,36,41H,1-2H3/q+1. The number of benzene rings is 4. The highest BCUT2D eigenvalue weighted by atomic mass is 31.1. The Morgan fingerprint density at radius 2 is 1.49 bits per heavy atom. The molecule has 0 saturated heterocycles. The third-order valence-electron chi connectivity index (χ3n) is 7.23. The predicted molar refractivity (Wildman–Crippen MR) is 164 cm³/mol. The smallest absolute Gasteiger partial charge is 0.284 e. The molecule has 7 heteroatoms. The Labute approximate surface area is 240 Å². The molecule has 1 N–H and O–H groups in total. The van der Waals surface area contributed by atoms with E-state index in [0.29, 0.717) is 5.75 Å². The number of nitrogens with zero attached hydrogens (tertiary/aromatic N) is 2. The minimum Gasteiger partial charge on any atom is -0.474 e. The Hall–Kier alpha value is -4.67. The first-order chi connectivity index (χ1) is 20.1. The number of aromatic nitrogens is 2. The van der Waals surface area contributed by atoms with E-state index in [9.17, 15) is 0 Å². The fourth-order valence-electron chi connectivity index (χ4n) is 5.13. The van der Waals surface area contributed by atoms with E-state index in [2.05, 4.69) is 60.9 Å². The number of para-hydroxylation sites is 2. The van der Waals surface area contributed by atoms with Crippen molar-refractivity contribution in [2.24, 2.45) is 0 Å². The lowest BCUT2D eigenvalue weighted by Gasteiger charge is -2.29. The summed E-state index contributed by atoms with van der Waals surface area (Å²) in [4.78, 5) is 4.78. The molecule has 0 amide bonds. The van der Waals surface area contributed by atoms with Crippen LogP contribution in [0.4, 0.5) is 0 Å². The van der Waals surface area contributed by atoms with Gasteiger partial charge in [-0.05, 0) is 60.5 Å². The molecule has 3 unspecified atom stereocenters. The summed E-state index contributed by atoms with van der Waals surface area (Å²) in [6, 6.07) is 38.8. The summed E-state index contributed by atoms with van der Waals surface area (Å²) in [7, 11) is -0.0442. The minimum atomic E-state index is -0.571. The second-order valence-corrected chi connectivity index (χ2v) is 11.1. The largest absolute Gasteiger partial charge is 0.474 e. The van der Waals surface area contributed by atoms with Gasteiger partial charge < -0.3 is 14.0 Å². The van der Waals surface area contributed by atoms with Crippen molar-refractivity contribution in [1.82, 2.24) is 4.98 Å². The van der Waals surface area contributed by atoms with Crippen LogP contribution in [0.1, 0.15) is 11.4 Å². The molecule has 7 rings (SSSR count). The second-order valence-electron chi connectivity index (χ2n) is 10.1. The molecule has 41 heavy (non-hydrogen) atoms. The summed E-state index contributed by atoms with van der Waals surface area (Å²) in [6.45, 7) is 4.05. The van der Waals surface area contributed by atoms with Crippen molar-refractivity contribution in [2.75, 3.05) is 5.43 Å². The van der Waals surface area contributed by atoms with Crippen LogP contribution < -0.4 is 24.1 Å². The Morgan fingerprint density at radius 1 is 0.732 bits per heavy atom. The molecule has 6 aromatic rings. The average molecular weight is 559 g/mol. The van der Waals surface area contributed by atoms with Crippen LogP contribution in [0.25, 0.3) is 32.9 Å². The van der Waals surface area contributed by atoms with Crippen LogP contribution >= 0.6 is 8.81 Å². The van der Waals surface area contributed by atoms with Gasteiger partial charge in [-0.25, -0.2) is 4.98 Å². The molecule has 1 aliphatic rings. The molecule has 0 bridgehead atoms. The normalized spacial score (nSPS) is 16.9. The molecule has 4 aromatic carbocycles. The number of hydrogen-bond acceptors (Lipinski definition) is 5. The van der Waals surface area contributed by atoms with Gasteiger partial charge in [-0.15, -0.1) is 5.43 Å².